The third-order valence-electron chi connectivity index (χ3n) is 11.0. The summed E-state index contributed by atoms with van der Waals surface area (Å²) in [5, 5.41) is 2.15. The minimum absolute atomic E-state index is 0.0438. The molecule has 0 aliphatic heterocycles. The van der Waals surface area contributed by atoms with Gasteiger partial charge in [-0.15, -0.1) is 0 Å². The normalized spacial score (nSPS) is 15.2. The largest absolute Gasteiger partial charge is 0.491 e. The molecule has 0 unspecified atom stereocenters. The second-order valence-corrected chi connectivity index (χ2v) is 21.1. The van der Waals surface area contributed by atoms with Crippen LogP contribution in [0.1, 0.15) is 66.6 Å². The number of carbonyl (C=O) groups excluding carboxylic acids is 2. The van der Waals surface area contributed by atoms with Crippen molar-refractivity contribution in [2.24, 2.45) is 5.92 Å². The number of halogens is 19. The number of amides is 1. The molecule has 2 aromatic rings. The molecule has 0 fully saturated rings. The van der Waals surface area contributed by atoms with Crippen LogP contribution in [0.15, 0.2) is 66.3 Å². The van der Waals surface area contributed by atoms with Crippen LogP contribution in [0.4, 0.5) is 93.9 Å². The molecule has 0 spiro atoms. The van der Waals surface area contributed by atoms with Crippen LogP contribution in [-0.4, -0.2) is 87.8 Å². The lowest BCUT2D eigenvalue weighted by Crippen LogP contribution is -2.74. The fraction of sp³-hybridized carbons (Fsp3) is 0.571. The topological polar surface area (TPSA) is 83.1 Å². The molecule has 0 aliphatic carbocycles. The second-order valence-electron chi connectivity index (χ2n) is 16.1. The van der Waals surface area contributed by atoms with Crippen LogP contribution in [0.2, 0.25) is 17.1 Å². The lowest BCUT2D eigenvalue weighted by atomic mass is 9.88. The van der Waals surface area contributed by atoms with Crippen LogP contribution < -0.4 is 10.1 Å². The van der Waals surface area contributed by atoms with Gasteiger partial charge in [-0.3, -0.25) is 5.32 Å². The first-order valence-corrected chi connectivity index (χ1v) is 22.5. The average Bonchev–Trinajstić information content (AvgIpc) is 3.22. The number of esters is 1. The number of alkyl halides is 17. The average molecular weight is 1050 g/mol. The third-order valence-corrected chi connectivity index (χ3v) is 16.6. The molecule has 7 nitrogen and oxygen atoms in total. The Kier molecular flexibility index (Phi) is 19.4. The maximum Gasteiger partial charge on any atom is 0.460 e. The third kappa shape index (κ3) is 12.6. The van der Waals surface area contributed by atoms with Gasteiger partial charge in [0.25, 0.3) is 0 Å². The van der Waals surface area contributed by atoms with E-state index < -0.39 is 134 Å². The van der Waals surface area contributed by atoms with E-state index in [4.69, 9.17) is 18.6 Å². The van der Waals surface area contributed by atoms with Crippen molar-refractivity contribution in [2.45, 2.75) is 126 Å². The molecule has 69 heavy (non-hydrogen) atoms. The Balaban J connectivity index is 2.35. The fourth-order valence-corrected chi connectivity index (χ4v) is 11.1. The maximum absolute atomic E-state index is 15.0. The number of ether oxygens (including phenoxy) is 3. The van der Waals surface area contributed by atoms with Gasteiger partial charge in [0.2, 0.25) is 0 Å². The van der Waals surface area contributed by atoms with E-state index in [1.54, 1.807) is 20.8 Å². The van der Waals surface area contributed by atoms with Gasteiger partial charge in [-0.1, -0.05) is 64.5 Å². The first-order valence-electron chi connectivity index (χ1n) is 20.3. The molecule has 0 bridgehead atoms. The summed E-state index contributed by atoms with van der Waals surface area (Å²) in [5.41, 5.74) is -1.47. The molecule has 1 N–H and O–H groups in total. The number of hydrogen-bond acceptors (Lipinski definition) is 6. The molecule has 27 heteroatoms. The summed E-state index contributed by atoms with van der Waals surface area (Å²) in [4.78, 5) is 24.7. The van der Waals surface area contributed by atoms with Crippen molar-refractivity contribution in [3.05, 3.63) is 83.5 Å². The Morgan fingerprint density at radius 1 is 0.696 bits per heavy atom. The molecular weight excluding hydrogens is 1000 g/mol. The number of anilines is 1. The standard InChI is InChI=1S/C42H46F19NO6Si/c1-8-65-32(63)11-9-10-25(6)26(7)33(68-34(64)62-31-17-14-28(43)22-30(31)44)27-12-15-29(16-13-27)66-19-20-67-69(23(2)3,24(4)5)21-18-35(45,46)36(47,48)37(49,50)38(51,52)39(53,54)40(55,56)41(57,58)42(59,60)61/h9-17,22-24,26,33H,8,18-21H2,1-7H3,(H,62,64)/b11-9+,25-10+/t26-,33-/m0/s1. The summed E-state index contributed by atoms with van der Waals surface area (Å²) < 4.78 is 286. The molecule has 1 amide bonds. The zero-order valence-corrected chi connectivity index (χ0v) is 38.2. The number of benzene rings is 2. The van der Waals surface area contributed by atoms with E-state index in [0.29, 0.717) is 11.6 Å². The number of rotatable bonds is 24. The van der Waals surface area contributed by atoms with Gasteiger partial charge in [0.15, 0.2) is 8.32 Å². The molecule has 0 aromatic heterocycles. The lowest BCUT2D eigenvalue weighted by Gasteiger charge is -2.44. The molecule has 0 saturated carbocycles. The Bertz CT molecular complexity index is 2100. The van der Waals surface area contributed by atoms with E-state index in [-0.39, 0.29) is 17.9 Å². The highest BCUT2D eigenvalue weighted by Gasteiger charge is 2.95. The van der Waals surface area contributed by atoms with E-state index in [9.17, 15) is 84.2 Å². The number of hydrogen-bond donors (Lipinski definition) is 1. The van der Waals surface area contributed by atoms with Gasteiger partial charge in [0, 0.05) is 24.5 Å². The quantitative estimate of drug-likeness (QED) is 0.0282. The molecule has 0 heterocycles. The van der Waals surface area contributed by atoms with Crippen molar-refractivity contribution in [3.8, 4) is 5.75 Å². The molecule has 392 valence electrons. The van der Waals surface area contributed by atoms with Crippen molar-refractivity contribution in [3.63, 3.8) is 0 Å². The first-order chi connectivity index (χ1) is 31.2. The van der Waals surface area contributed by atoms with Crippen molar-refractivity contribution < 1.29 is 112 Å². The van der Waals surface area contributed by atoms with E-state index in [1.165, 1.54) is 64.1 Å². The number of carbonyl (C=O) groups is 2. The van der Waals surface area contributed by atoms with E-state index in [0.717, 1.165) is 18.2 Å². The van der Waals surface area contributed by atoms with Crippen LogP contribution in [-0.2, 0) is 18.7 Å². The Morgan fingerprint density at radius 2 is 1.20 bits per heavy atom. The zero-order chi connectivity index (χ0) is 53.6. The molecule has 2 aromatic carbocycles. The van der Waals surface area contributed by atoms with Gasteiger partial charge in [-0.05, 0) is 60.8 Å². The Morgan fingerprint density at radius 3 is 1.68 bits per heavy atom. The van der Waals surface area contributed by atoms with Crippen molar-refractivity contribution >= 4 is 26.1 Å². The Hall–Kier alpha value is -4.69. The van der Waals surface area contributed by atoms with Crippen LogP contribution in [0.3, 0.4) is 0 Å². The van der Waals surface area contributed by atoms with Gasteiger partial charge in [0.1, 0.15) is 30.1 Å². The number of nitrogens with one attached hydrogen (secondary N) is 1. The van der Waals surface area contributed by atoms with E-state index in [2.05, 4.69) is 5.32 Å². The highest BCUT2D eigenvalue weighted by molar-refractivity contribution is 6.76. The molecular formula is C42H46F19NO6Si. The minimum atomic E-state index is -8.72. The van der Waals surface area contributed by atoms with Gasteiger partial charge in [-0.2, -0.15) is 74.6 Å². The SMILES string of the molecule is CCOC(=O)/C=C/C=C(\C)[C@H](C)[C@H](OC(=O)Nc1ccc(F)cc1F)c1ccc(OCCO[Si](CCC(F)(F)C(F)(F)C(F)(F)C(F)(F)C(F)(F)C(F)(F)C(F)(F)C(F)(F)F)(C(C)C)C(C)C)cc1. The summed E-state index contributed by atoms with van der Waals surface area (Å²) in [6.07, 6.45) is -8.80. The van der Waals surface area contributed by atoms with E-state index >= 15 is 8.78 Å². The zero-order valence-electron chi connectivity index (χ0n) is 37.2. The minimum Gasteiger partial charge on any atom is -0.491 e. The van der Waals surface area contributed by atoms with Crippen LogP contribution >= 0.6 is 0 Å². The summed E-state index contributed by atoms with van der Waals surface area (Å²) >= 11 is 0. The summed E-state index contributed by atoms with van der Waals surface area (Å²) in [5.74, 6) is -60.4. The highest BCUT2D eigenvalue weighted by atomic mass is 28.4. The van der Waals surface area contributed by atoms with E-state index in [1.807, 2.05) is 0 Å². The van der Waals surface area contributed by atoms with Crippen LogP contribution in [0.25, 0.3) is 0 Å². The van der Waals surface area contributed by atoms with Gasteiger partial charge < -0.3 is 18.6 Å². The molecule has 2 rings (SSSR count). The monoisotopic (exact) mass is 1050 g/mol. The van der Waals surface area contributed by atoms with Crippen molar-refractivity contribution in [1.82, 2.24) is 0 Å². The molecule has 2 atom stereocenters. The maximum atomic E-state index is 15.0. The van der Waals surface area contributed by atoms with Gasteiger partial charge >= 0.3 is 59.7 Å². The molecule has 0 aliphatic rings. The van der Waals surface area contributed by atoms with Crippen molar-refractivity contribution in [1.29, 1.82) is 0 Å². The second kappa shape index (κ2) is 22.2. The highest BCUT2D eigenvalue weighted by Crippen LogP contribution is 2.64. The summed E-state index contributed by atoms with van der Waals surface area (Å²) in [6, 6.07) is 6.39. The van der Waals surface area contributed by atoms with Gasteiger partial charge in [-0.25, -0.2) is 18.4 Å². The molecule has 0 saturated heterocycles. The van der Waals surface area contributed by atoms with Gasteiger partial charge in [0.05, 0.1) is 18.9 Å². The predicted molar refractivity (Wildman–Crippen MR) is 212 cm³/mol. The smallest absolute Gasteiger partial charge is 0.460 e. The summed E-state index contributed by atoms with van der Waals surface area (Å²) in [6.45, 7) is 9.02. The lowest BCUT2D eigenvalue weighted by molar-refractivity contribution is -0.461. The fourth-order valence-electron chi connectivity index (χ4n) is 6.66. The van der Waals surface area contributed by atoms with Crippen molar-refractivity contribution in [2.75, 3.05) is 25.1 Å². The molecule has 0 radical (unpaired) electrons. The first kappa shape index (κ1) is 60.4. The van der Waals surface area contributed by atoms with Crippen LogP contribution in [0, 0.1) is 17.6 Å². The summed E-state index contributed by atoms with van der Waals surface area (Å²) in [7, 11) is -4.06. The number of allylic oxidation sites excluding steroid dienone is 2. The Labute approximate surface area is 383 Å². The predicted octanol–water partition coefficient (Wildman–Crippen LogP) is 14.5. The van der Waals surface area contributed by atoms with Crippen LogP contribution in [0.5, 0.6) is 5.75 Å².